The van der Waals surface area contributed by atoms with Crippen LogP contribution in [0, 0.1) is 11.8 Å². The zero-order chi connectivity index (χ0) is 20.2. The Kier molecular flexibility index (Phi) is 7.27. The second-order valence-electron chi connectivity index (χ2n) is 7.88. The first-order chi connectivity index (χ1) is 11.9. The molecule has 144 valence electrons. The molecule has 5 nitrogen and oxygen atoms in total. The van der Waals surface area contributed by atoms with Crippen LogP contribution >= 0.6 is 0 Å². The SMILES string of the molecule is CC(C)=CCC1=C(O)C(O)(CC=C(C)C)C(=O)C(C(=O)CC(C)C)C1=O. The summed E-state index contributed by atoms with van der Waals surface area (Å²) >= 11 is 0. The molecule has 0 saturated heterocycles. The third-order valence-electron chi connectivity index (χ3n) is 4.36. The molecule has 0 aromatic heterocycles. The third-order valence-corrected chi connectivity index (χ3v) is 4.36. The average Bonchev–Trinajstić information content (AvgIpc) is 2.50. The second-order valence-corrected chi connectivity index (χ2v) is 7.88. The fourth-order valence-electron chi connectivity index (χ4n) is 2.88. The van der Waals surface area contributed by atoms with Crippen LogP contribution in [0.2, 0.25) is 0 Å². The van der Waals surface area contributed by atoms with Crippen molar-refractivity contribution in [3.05, 3.63) is 34.6 Å². The number of aliphatic hydroxyl groups excluding tert-OH is 1. The Morgan fingerprint density at radius 2 is 1.65 bits per heavy atom. The van der Waals surface area contributed by atoms with Crippen molar-refractivity contribution in [1.29, 1.82) is 0 Å². The Bertz CT molecular complexity index is 685. The molecule has 0 amide bonds. The number of rotatable bonds is 7. The van der Waals surface area contributed by atoms with Crippen molar-refractivity contribution in [2.24, 2.45) is 11.8 Å². The predicted molar refractivity (Wildman–Crippen MR) is 101 cm³/mol. The van der Waals surface area contributed by atoms with Gasteiger partial charge in [0.05, 0.1) is 0 Å². The summed E-state index contributed by atoms with van der Waals surface area (Å²) < 4.78 is 0. The summed E-state index contributed by atoms with van der Waals surface area (Å²) in [6.45, 7) is 10.9. The maximum Gasteiger partial charge on any atom is 0.190 e. The van der Waals surface area contributed by atoms with Gasteiger partial charge in [-0.1, -0.05) is 37.1 Å². The van der Waals surface area contributed by atoms with E-state index in [2.05, 4.69) is 0 Å². The van der Waals surface area contributed by atoms with Crippen LogP contribution in [0.4, 0.5) is 0 Å². The summed E-state index contributed by atoms with van der Waals surface area (Å²) in [5.41, 5.74) is -0.523. The Morgan fingerprint density at radius 1 is 1.12 bits per heavy atom. The van der Waals surface area contributed by atoms with E-state index in [-0.39, 0.29) is 30.8 Å². The van der Waals surface area contributed by atoms with Crippen LogP contribution in [0.3, 0.4) is 0 Å². The number of Topliss-reactive ketones (excluding diaryl/α,β-unsaturated/α-hetero) is 3. The Morgan fingerprint density at radius 3 is 2.12 bits per heavy atom. The fourth-order valence-corrected chi connectivity index (χ4v) is 2.88. The normalized spacial score (nSPS) is 23.3. The van der Waals surface area contributed by atoms with Gasteiger partial charge in [-0.05, 0) is 40.0 Å². The Hall–Kier alpha value is -2.01. The van der Waals surface area contributed by atoms with Crippen molar-refractivity contribution < 1.29 is 24.6 Å². The van der Waals surface area contributed by atoms with Gasteiger partial charge >= 0.3 is 0 Å². The highest BCUT2D eigenvalue weighted by atomic mass is 16.3. The van der Waals surface area contributed by atoms with E-state index < -0.39 is 34.6 Å². The van der Waals surface area contributed by atoms with E-state index in [0.29, 0.717) is 0 Å². The van der Waals surface area contributed by atoms with Crippen LogP contribution in [-0.2, 0) is 14.4 Å². The highest BCUT2D eigenvalue weighted by molar-refractivity contribution is 6.28. The van der Waals surface area contributed by atoms with Gasteiger partial charge in [0.25, 0.3) is 0 Å². The summed E-state index contributed by atoms with van der Waals surface area (Å²) in [6, 6.07) is 0. The summed E-state index contributed by atoms with van der Waals surface area (Å²) in [5.74, 6) is -4.33. The zero-order valence-corrected chi connectivity index (χ0v) is 16.5. The minimum Gasteiger partial charge on any atom is -0.508 e. The average molecular weight is 362 g/mol. The Balaban J connectivity index is 3.49. The first-order valence-corrected chi connectivity index (χ1v) is 8.94. The molecular formula is C21H30O5. The largest absolute Gasteiger partial charge is 0.508 e. The topological polar surface area (TPSA) is 91.7 Å². The standard InChI is InChI=1S/C21H30O5/c1-12(2)7-8-15-18(23)17(16(22)11-14(5)6)20(25)21(26,19(15)24)10-9-13(3)4/h7,9,14,17,24,26H,8,10-11H2,1-6H3. The molecule has 5 heteroatoms. The molecule has 26 heavy (non-hydrogen) atoms. The van der Waals surface area contributed by atoms with E-state index in [4.69, 9.17) is 0 Å². The van der Waals surface area contributed by atoms with Crippen molar-refractivity contribution >= 4 is 17.3 Å². The maximum atomic E-state index is 12.9. The van der Waals surface area contributed by atoms with Crippen molar-refractivity contribution in [1.82, 2.24) is 0 Å². The number of ketones is 3. The summed E-state index contributed by atoms with van der Waals surface area (Å²) in [7, 11) is 0. The van der Waals surface area contributed by atoms with Crippen LogP contribution in [0.1, 0.15) is 60.8 Å². The molecule has 0 spiro atoms. The number of aliphatic hydroxyl groups is 2. The molecule has 2 N–H and O–H groups in total. The summed E-state index contributed by atoms with van der Waals surface area (Å²) in [4.78, 5) is 38.2. The molecule has 2 unspecified atom stereocenters. The molecule has 0 aromatic carbocycles. The number of allylic oxidation sites excluding steroid dienone is 4. The van der Waals surface area contributed by atoms with Gasteiger partial charge in [-0.2, -0.15) is 0 Å². The molecule has 0 heterocycles. The molecule has 1 aliphatic carbocycles. The molecule has 1 aliphatic rings. The monoisotopic (exact) mass is 362 g/mol. The molecule has 0 aliphatic heterocycles. The summed E-state index contributed by atoms with van der Waals surface area (Å²) in [5, 5.41) is 21.5. The number of carbonyl (C=O) groups excluding carboxylic acids is 3. The van der Waals surface area contributed by atoms with E-state index in [1.807, 2.05) is 27.7 Å². The van der Waals surface area contributed by atoms with E-state index in [9.17, 15) is 24.6 Å². The number of hydrogen-bond donors (Lipinski definition) is 2. The minimum absolute atomic E-state index is 0.0188. The molecule has 0 radical (unpaired) electrons. The maximum absolute atomic E-state index is 12.9. The van der Waals surface area contributed by atoms with Crippen LogP contribution in [-0.4, -0.2) is 33.2 Å². The molecular weight excluding hydrogens is 332 g/mol. The van der Waals surface area contributed by atoms with Gasteiger partial charge < -0.3 is 10.2 Å². The first-order valence-electron chi connectivity index (χ1n) is 8.94. The smallest absolute Gasteiger partial charge is 0.190 e. The van der Waals surface area contributed by atoms with Gasteiger partial charge in [0.15, 0.2) is 23.0 Å². The van der Waals surface area contributed by atoms with Crippen molar-refractivity contribution in [3.8, 4) is 0 Å². The molecule has 0 fully saturated rings. The van der Waals surface area contributed by atoms with Crippen molar-refractivity contribution in [2.45, 2.75) is 66.4 Å². The van der Waals surface area contributed by atoms with E-state index in [1.54, 1.807) is 26.0 Å². The highest BCUT2D eigenvalue weighted by Crippen LogP contribution is 2.36. The lowest BCUT2D eigenvalue weighted by Gasteiger charge is -2.34. The van der Waals surface area contributed by atoms with Gasteiger partial charge in [0.2, 0.25) is 0 Å². The van der Waals surface area contributed by atoms with E-state index in [1.165, 1.54) is 0 Å². The van der Waals surface area contributed by atoms with Crippen molar-refractivity contribution in [2.75, 3.05) is 0 Å². The lowest BCUT2D eigenvalue weighted by atomic mass is 9.71. The zero-order valence-electron chi connectivity index (χ0n) is 16.5. The van der Waals surface area contributed by atoms with Crippen LogP contribution in [0.15, 0.2) is 34.6 Å². The lowest BCUT2D eigenvalue weighted by Crippen LogP contribution is -2.53. The number of hydrogen-bond acceptors (Lipinski definition) is 5. The van der Waals surface area contributed by atoms with Gasteiger partial charge in [-0.15, -0.1) is 0 Å². The van der Waals surface area contributed by atoms with Crippen LogP contribution in [0.25, 0.3) is 0 Å². The van der Waals surface area contributed by atoms with Gasteiger partial charge in [0.1, 0.15) is 11.7 Å². The highest BCUT2D eigenvalue weighted by Gasteiger charge is 2.54. The quantitative estimate of drug-likeness (QED) is 0.533. The molecule has 0 saturated carbocycles. The van der Waals surface area contributed by atoms with Crippen LogP contribution < -0.4 is 0 Å². The van der Waals surface area contributed by atoms with Gasteiger partial charge in [-0.3, -0.25) is 14.4 Å². The third kappa shape index (κ3) is 4.79. The molecule has 2 atom stereocenters. The molecule has 1 rings (SSSR count). The molecule has 0 aromatic rings. The van der Waals surface area contributed by atoms with Crippen molar-refractivity contribution in [3.63, 3.8) is 0 Å². The van der Waals surface area contributed by atoms with Gasteiger partial charge in [0, 0.05) is 18.4 Å². The fraction of sp³-hybridized carbons (Fsp3) is 0.571. The predicted octanol–water partition coefficient (Wildman–Crippen LogP) is 3.63. The minimum atomic E-state index is -2.24. The van der Waals surface area contributed by atoms with E-state index >= 15 is 0 Å². The molecule has 0 bridgehead atoms. The summed E-state index contributed by atoms with van der Waals surface area (Å²) in [6.07, 6.45) is 3.31. The number of carbonyl (C=O) groups is 3. The lowest BCUT2D eigenvalue weighted by molar-refractivity contribution is -0.151. The van der Waals surface area contributed by atoms with Crippen LogP contribution in [0.5, 0.6) is 0 Å². The Labute approximate surface area is 155 Å². The second kappa shape index (κ2) is 8.58. The first kappa shape index (κ1) is 22.0. The van der Waals surface area contributed by atoms with E-state index in [0.717, 1.165) is 11.1 Å². The van der Waals surface area contributed by atoms with Gasteiger partial charge in [-0.25, -0.2) is 0 Å².